The number of hydrogen-bond acceptors (Lipinski definition) is 2. The zero-order valence-corrected chi connectivity index (χ0v) is 10.3. The monoisotopic (exact) mass is 293 g/mol. The number of amides is 1. The molecule has 1 amide bonds. The fourth-order valence-corrected chi connectivity index (χ4v) is 2.16. The second-order valence-electron chi connectivity index (χ2n) is 4.31. The number of carbonyl (C=O) groups is 1. The van der Waals surface area contributed by atoms with Gasteiger partial charge in [0.2, 0.25) is 0 Å². The molecule has 4 nitrogen and oxygen atoms in total. The standard InChI is InChI=1S/C11H10F3NO3S/c12-11(13,14)9(16)15-10(5-6-10)7-1-3-8(4-2-7)19(17)18/h1-4H,5-6H2,(H,15,16)(H,17,18). The fraction of sp³-hybridized carbons (Fsp3) is 0.364. The number of carbonyl (C=O) groups excluding carboxylic acids is 1. The number of alkyl halides is 3. The fourth-order valence-electron chi connectivity index (χ4n) is 1.79. The molecule has 1 unspecified atom stereocenters. The maximum Gasteiger partial charge on any atom is 0.471 e. The van der Waals surface area contributed by atoms with Crippen LogP contribution in [0.15, 0.2) is 29.2 Å². The molecule has 0 aromatic heterocycles. The number of hydrogen-bond donors (Lipinski definition) is 2. The molecule has 0 heterocycles. The van der Waals surface area contributed by atoms with Gasteiger partial charge >= 0.3 is 12.1 Å². The van der Waals surface area contributed by atoms with E-state index in [1.54, 1.807) is 0 Å². The topological polar surface area (TPSA) is 66.4 Å². The Hall–Kier alpha value is -1.41. The van der Waals surface area contributed by atoms with E-state index in [0.717, 1.165) is 0 Å². The Morgan fingerprint density at radius 1 is 1.26 bits per heavy atom. The molecule has 1 aromatic rings. The van der Waals surface area contributed by atoms with Crippen LogP contribution in [0.5, 0.6) is 0 Å². The Morgan fingerprint density at radius 2 is 1.79 bits per heavy atom. The molecule has 2 N–H and O–H groups in total. The van der Waals surface area contributed by atoms with E-state index >= 15 is 0 Å². The minimum Gasteiger partial charge on any atom is -0.339 e. The van der Waals surface area contributed by atoms with Crippen molar-refractivity contribution in [3.05, 3.63) is 29.8 Å². The number of rotatable bonds is 3. The highest BCUT2D eigenvalue weighted by Gasteiger charge is 2.50. The van der Waals surface area contributed by atoms with Crippen LogP contribution >= 0.6 is 0 Å². The van der Waals surface area contributed by atoms with Crippen LogP contribution in [-0.2, 0) is 21.4 Å². The molecular formula is C11H10F3NO3S. The van der Waals surface area contributed by atoms with Crippen LogP contribution in [0.1, 0.15) is 18.4 Å². The van der Waals surface area contributed by atoms with Crippen molar-refractivity contribution in [2.75, 3.05) is 0 Å². The third kappa shape index (κ3) is 2.95. The number of nitrogens with one attached hydrogen (secondary N) is 1. The molecule has 0 aliphatic heterocycles. The molecule has 1 fully saturated rings. The van der Waals surface area contributed by atoms with E-state index in [-0.39, 0.29) is 4.90 Å². The van der Waals surface area contributed by atoms with Gasteiger partial charge in [0, 0.05) is 0 Å². The molecule has 1 aromatic carbocycles. The predicted molar refractivity (Wildman–Crippen MR) is 60.6 cm³/mol. The Morgan fingerprint density at radius 3 is 2.16 bits per heavy atom. The van der Waals surface area contributed by atoms with Gasteiger partial charge in [0.25, 0.3) is 0 Å². The molecule has 1 aliphatic carbocycles. The lowest BCUT2D eigenvalue weighted by molar-refractivity contribution is -0.174. The van der Waals surface area contributed by atoms with Crippen molar-refractivity contribution in [1.29, 1.82) is 0 Å². The van der Waals surface area contributed by atoms with Crippen LogP contribution < -0.4 is 5.32 Å². The van der Waals surface area contributed by atoms with Crippen molar-refractivity contribution in [3.63, 3.8) is 0 Å². The van der Waals surface area contributed by atoms with Crippen LogP contribution in [0, 0.1) is 0 Å². The predicted octanol–water partition coefficient (Wildman–Crippen LogP) is 1.93. The van der Waals surface area contributed by atoms with E-state index in [0.29, 0.717) is 18.4 Å². The highest BCUT2D eigenvalue weighted by molar-refractivity contribution is 7.79. The van der Waals surface area contributed by atoms with Gasteiger partial charge in [-0.05, 0) is 30.5 Å². The third-order valence-corrected chi connectivity index (χ3v) is 3.64. The van der Waals surface area contributed by atoms with Crippen LogP contribution in [0.2, 0.25) is 0 Å². The molecule has 0 saturated heterocycles. The summed E-state index contributed by atoms with van der Waals surface area (Å²) in [6, 6.07) is 5.61. The average Bonchev–Trinajstić information content (AvgIpc) is 3.09. The van der Waals surface area contributed by atoms with Crippen LogP contribution in [0.25, 0.3) is 0 Å². The van der Waals surface area contributed by atoms with Gasteiger partial charge < -0.3 is 9.87 Å². The van der Waals surface area contributed by atoms with E-state index in [4.69, 9.17) is 4.55 Å². The molecule has 1 aliphatic rings. The maximum atomic E-state index is 12.2. The summed E-state index contributed by atoms with van der Waals surface area (Å²) < 4.78 is 56.2. The number of benzene rings is 1. The van der Waals surface area contributed by atoms with Gasteiger partial charge in [-0.2, -0.15) is 13.2 Å². The summed E-state index contributed by atoms with van der Waals surface area (Å²) in [6.45, 7) is 0. The van der Waals surface area contributed by atoms with Crippen LogP contribution in [0.3, 0.4) is 0 Å². The molecule has 19 heavy (non-hydrogen) atoms. The van der Waals surface area contributed by atoms with E-state index in [2.05, 4.69) is 0 Å². The molecule has 1 atom stereocenters. The SMILES string of the molecule is O=C(NC1(c2ccc(S(=O)O)cc2)CC1)C(F)(F)F. The quantitative estimate of drug-likeness (QED) is 0.837. The molecule has 0 spiro atoms. The molecule has 8 heteroatoms. The summed E-state index contributed by atoms with van der Waals surface area (Å²) in [5, 5.41) is 1.97. The molecule has 0 radical (unpaired) electrons. The third-order valence-electron chi connectivity index (χ3n) is 2.97. The molecule has 104 valence electrons. The summed E-state index contributed by atoms with van der Waals surface area (Å²) in [6.07, 6.45) is -4.09. The minimum atomic E-state index is -4.91. The first kappa shape index (κ1) is 14.0. The van der Waals surface area contributed by atoms with Crippen molar-refractivity contribution in [3.8, 4) is 0 Å². The van der Waals surface area contributed by atoms with Crippen molar-refractivity contribution in [2.24, 2.45) is 0 Å². The smallest absolute Gasteiger partial charge is 0.339 e. The van der Waals surface area contributed by atoms with Gasteiger partial charge in [-0.3, -0.25) is 4.79 Å². The highest BCUT2D eigenvalue weighted by atomic mass is 32.2. The van der Waals surface area contributed by atoms with Crippen molar-refractivity contribution in [1.82, 2.24) is 5.32 Å². The zero-order chi connectivity index (χ0) is 14.3. The Balaban J connectivity index is 2.17. The second kappa shape index (κ2) is 4.61. The summed E-state index contributed by atoms with van der Waals surface area (Å²) in [7, 11) is 0. The summed E-state index contributed by atoms with van der Waals surface area (Å²) in [5.41, 5.74) is -0.499. The first-order valence-corrected chi connectivity index (χ1v) is 6.46. The minimum absolute atomic E-state index is 0.154. The Kier molecular flexibility index (Phi) is 3.40. The lowest BCUT2D eigenvalue weighted by atomic mass is 10.1. The van der Waals surface area contributed by atoms with Crippen molar-refractivity contribution < 1.29 is 26.7 Å². The summed E-state index contributed by atoms with van der Waals surface area (Å²) in [4.78, 5) is 11.1. The van der Waals surface area contributed by atoms with Crippen LogP contribution in [-0.4, -0.2) is 20.8 Å². The van der Waals surface area contributed by atoms with Gasteiger partial charge in [0.05, 0.1) is 10.4 Å². The first-order chi connectivity index (χ1) is 8.74. The van der Waals surface area contributed by atoms with Crippen LogP contribution in [0.4, 0.5) is 13.2 Å². The van der Waals surface area contributed by atoms with E-state index < -0.39 is 28.7 Å². The molecule has 1 saturated carbocycles. The largest absolute Gasteiger partial charge is 0.471 e. The van der Waals surface area contributed by atoms with Crippen molar-refractivity contribution >= 4 is 17.0 Å². The van der Waals surface area contributed by atoms with Gasteiger partial charge in [-0.1, -0.05) is 12.1 Å². The highest BCUT2D eigenvalue weighted by Crippen LogP contribution is 2.46. The van der Waals surface area contributed by atoms with E-state index in [1.165, 1.54) is 24.3 Å². The summed E-state index contributed by atoms with van der Waals surface area (Å²) in [5.74, 6) is -1.97. The van der Waals surface area contributed by atoms with E-state index in [9.17, 15) is 22.2 Å². The zero-order valence-electron chi connectivity index (χ0n) is 9.53. The van der Waals surface area contributed by atoms with Gasteiger partial charge in [0.15, 0.2) is 11.1 Å². The van der Waals surface area contributed by atoms with Gasteiger partial charge in [-0.25, -0.2) is 4.21 Å². The number of halogens is 3. The lowest BCUT2D eigenvalue weighted by Crippen LogP contribution is -2.43. The first-order valence-electron chi connectivity index (χ1n) is 5.35. The molecular weight excluding hydrogens is 283 g/mol. The van der Waals surface area contributed by atoms with E-state index in [1.807, 2.05) is 5.32 Å². The summed E-state index contributed by atoms with van der Waals surface area (Å²) >= 11 is -2.14. The maximum absolute atomic E-state index is 12.2. The normalized spacial score (nSPS) is 18.7. The second-order valence-corrected chi connectivity index (χ2v) is 5.28. The van der Waals surface area contributed by atoms with Crippen molar-refractivity contribution in [2.45, 2.75) is 29.5 Å². The lowest BCUT2D eigenvalue weighted by Gasteiger charge is -2.19. The Bertz CT molecular complexity index is 523. The van der Waals surface area contributed by atoms with Gasteiger partial charge in [0.1, 0.15) is 0 Å². The van der Waals surface area contributed by atoms with Gasteiger partial charge in [-0.15, -0.1) is 0 Å². The molecule has 0 bridgehead atoms. The average molecular weight is 293 g/mol. The Labute approximate surface area is 109 Å². The molecule has 2 rings (SSSR count).